The highest BCUT2D eigenvalue weighted by molar-refractivity contribution is 5.72. The molecule has 6 atom stereocenters. The first-order valence-corrected chi connectivity index (χ1v) is 4.36. The van der Waals surface area contributed by atoms with Crippen LogP contribution in [0.1, 0.15) is 0 Å². The molecular weight excluding hydrogens is 226 g/mol. The SMILES string of the molecule is NO[C@H]1O[C@H]([C@H](O)C(O)C(=O)O)[C@H](O)[C@@H]1O. The van der Waals surface area contributed by atoms with E-state index in [1.54, 1.807) is 0 Å². The third-order valence-electron chi connectivity index (χ3n) is 2.30. The van der Waals surface area contributed by atoms with E-state index in [0.29, 0.717) is 0 Å². The predicted molar refractivity (Wildman–Crippen MR) is 45.6 cm³/mol. The van der Waals surface area contributed by atoms with Gasteiger partial charge in [0.05, 0.1) is 0 Å². The average Bonchev–Trinajstić information content (AvgIpc) is 2.54. The lowest BCUT2D eigenvalue weighted by atomic mass is 10.0. The quantitative estimate of drug-likeness (QED) is 0.269. The van der Waals surface area contributed by atoms with Crippen LogP contribution in [0.15, 0.2) is 0 Å². The van der Waals surface area contributed by atoms with Gasteiger partial charge in [0.1, 0.15) is 24.4 Å². The number of hydrogen-bond donors (Lipinski definition) is 6. The van der Waals surface area contributed by atoms with Crippen molar-refractivity contribution in [2.45, 2.75) is 36.8 Å². The van der Waals surface area contributed by atoms with Crippen molar-refractivity contribution in [1.29, 1.82) is 0 Å². The lowest BCUT2D eigenvalue weighted by Crippen LogP contribution is -2.47. The molecule has 1 aliphatic rings. The maximum atomic E-state index is 10.4. The molecule has 1 fully saturated rings. The summed E-state index contributed by atoms with van der Waals surface area (Å²) >= 11 is 0. The van der Waals surface area contributed by atoms with Gasteiger partial charge >= 0.3 is 5.97 Å². The Morgan fingerprint density at radius 1 is 1.31 bits per heavy atom. The minimum Gasteiger partial charge on any atom is -0.479 e. The smallest absolute Gasteiger partial charge is 0.335 e. The normalized spacial score (nSPS) is 38.3. The first-order chi connectivity index (χ1) is 7.40. The number of ether oxygens (including phenoxy) is 1. The molecule has 0 aromatic heterocycles. The van der Waals surface area contributed by atoms with Crippen molar-refractivity contribution in [3.05, 3.63) is 0 Å². The highest BCUT2D eigenvalue weighted by Gasteiger charge is 2.49. The van der Waals surface area contributed by atoms with Crippen LogP contribution in [0.3, 0.4) is 0 Å². The summed E-state index contributed by atoms with van der Waals surface area (Å²) in [5.74, 6) is 3.04. The molecule has 0 saturated carbocycles. The van der Waals surface area contributed by atoms with Crippen molar-refractivity contribution in [2.24, 2.45) is 5.90 Å². The van der Waals surface area contributed by atoms with Crippen molar-refractivity contribution < 1.29 is 39.9 Å². The predicted octanol–water partition coefficient (Wildman–Crippen LogP) is -3.87. The molecule has 7 N–H and O–H groups in total. The number of aliphatic hydroxyl groups is 4. The summed E-state index contributed by atoms with van der Waals surface area (Å²) in [6.45, 7) is 0. The first-order valence-electron chi connectivity index (χ1n) is 4.36. The van der Waals surface area contributed by atoms with Crippen LogP contribution in [0.25, 0.3) is 0 Å². The van der Waals surface area contributed by atoms with Gasteiger partial charge in [-0.3, -0.25) is 4.84 Å². The second-order valence-corrected chi connectivity index (χ2v) is 3.36. The summed E-state index contributed by atoms with van der Waals surface area (Å²) in [5.41, 5.74) is 0. The number of aliphatic hydroxyl groups excluding tert-OH is 4. The standard InChI is InChI=1S/C7H13NO8/c8-16-7-4(12)2(10)5(15-7)1(9)3(11)6(13)14/h1-5,7,9-12H,8H2,(H,13,14)/t1-,2-,3?,4+,5-,7-/m1/s1. The second-order valence-electron chi connectivity index (χ2n) is 3.36. The molecule has 0 spiro atoms. The van der Waals surface area contributed by atoms with E-state index in [0.717, 1.165) is 0 Å². The molecule has 9 nitrogen and oxygen atoms in total. The molecule has 9 heteroatoms. The summed E-state index contributed by atoms with van der Waals surface area (Å²) in [4.78, 5) is 14.5. The van der Waals surface area contributed by atoms with E-state index in [9.17, 15) is 20.1 Å². The number of nitrogens with two attached hydrogens (primary N) is 1. The zero-order valence-corrected chi connectivity index (χ0v) is 8.00. The molecular formula is C7H13NO8. The third-order valence-corrected chi connectivity index (χ3v) is 2.30. The van der Waals surface area contributed by atoms with Crippen molar-refractivity contribution in [1.82, 2.24) is 0 Å². The zero-order valence-electron chi connectivity index (χ0n) is 8.00. The average molecular weight is 239 g/mol. The van der Waals surface area contributed by atoms with Crippen LogP contribution in [0.5, 0.6) is 0 Å². The maximum absolute atomic E-state index is 10.4. The first kappa shape index (κ1) is 13.3. The fraction of sp³-hybridized carbons (Fsp3) is 0.857. The highest BCUT2D eigenvalue weighted by atomic mass is 16.8. The molecule has 0 aromatic rings. The molecule has 1 rings (SSSR count). The number of carbonyl (C=O) groups is 1. The van der Waals surface area contributed by atoms with Gasteiger partial charge in [0.15, 0.2) is 6.10 Å². The summed E-state index contributed by atoms with van der Waals surface area (Å²) in [6, 6.07) is 0. The Hall–Kier alpha value is -0.810. The Bertz CT molecular complexity index is 261. The van der Waals surface area contributed by atoms with Crippen molar-refractivity contribution in [3.8, 4) is 0 Å². The molecule has 1 unspecified atom stereocenters. The molecule has 1 aliphatic heterocycles. The van der Waals surface area contributed by atoms with Crippen molar-refractivity contribution >= 4 is 5.97 Å². The van der Waals surface area contributed by atoms with Crippen LogP contribution in [0, 0.1) is 0 Å². The van der Waals surface area contributed by atoms with E-state index in [1.807, 2.05) is 0 Å². The summed E-state index contributed by atoms with van der Waals surface area (Å²) < 4.78 is 4.75. The fourth-order valence-electron chi connectivity index (χ4n) is 1.39. The van der Waals surface area contributed by atoms with E-state index < -0.39 is 42.8 Å². The van der Waals surface area contributed by atoms with Gasteiger partial charge in [0.2, 0.25) is 6.29 Å². The molecule has 0 bridgehead atoms. The molecule has 16 heavy (non-hydrogen) atoms. The Kier molecular flexibility index (Phi) is 4.15. The molecule has 94 valence electrons. The monoisotopic (exact) mass is 239 g/mol. The van der Waals surface area contributed by atoms with Crippen LogP contribution in [0.4, 0.5) is 0 Å². The largest absolute Gasteiger partial charge is 0.479 e. The fourth-order valence-corrected chi connectivity index (χ4v) is 1.39. The number of rotatable bonds is 4. The van der Waals surface area contributed by atoms with E-state index in [1.165, 1.54) is 0 Å². The topological polar surface area (TPSA) is 163 Å². The molecule has 0 aromatic carbocycles. The van der Waals surface area contributed by atoms with Crippen LogP contribution >= 0.6 is 0 Å². The second kappa shape index (κ2) is 5.01. The van der Waals surface area contributed by atoms with Crippen molar-refractivity contribution in [2.75, 3.05) is 0 Å². The van der Waals surface area contributed by atoms with Crippen LogP contribution < -0.4 is 5.90 Å². The number of carboxylic acids is 1. The molecule has 1 heterocycles. The Morgan fingerprint density at radius 3 is 2.25 bits per heavy atom. The third kappa shape index (κ3) is 2.30. The summed E-state index contributed by atoms with van der Waals surface area (Å²) in [5, 5.41) is 45.5. The molecule has 0 amide bonds. The van der Waals surface area contributed by atoms with E-state index in [-0.39, 0.29) is 0 Å². The van der Waals surface area contributed by atoms with Gasteiger partial charge in [-0.2, -0.15) is 0 Å². The van der Waals surface area contributed by atoms with Gasteiger partial charge in [0, 0.05) is 0 Å². The molecule has 0 radical (unpaired) electrons. The molecule has 0 aliphatic carbocycles. The lowest BCUT2D eigenvalue weighted by Gasteiger charge is -2.22. The lowest BCUT2D eigenvalue weighted by molar-refractivity contribution is -0.193. The maximum Gasteiger partial charge on any atom is 0.335 e. The van der Waals surface area contributed by atoms with Gasteiger partial charge in [-0.25, -0.2) is 10.7 Å². The zero-order chi connectivity index (χ0) is 12.5. The minimum absolute atomic E-state index is 1.39. The van der Waals surface area contributed by atoms with Crippen LogP contribution in [-0.4, -0.2) is 68.3 Å². The number of carboxylic acid groups (broad SMARTS) is 1. The Labute approximate surface area is 89.6 Å². The number of hydrogen-bond acceptors (Lipinski definition) is 8. The van der Waals surface area contributed by atoms with E-state index in [4.69, 9.17) is 20.8 Å². The van der Waals surface area contributed by atoms with E-state index >= 15 is 0 Å². The Morgan fingerprint density at radius 2 is 1.88 bits per heavy atom. The summed E-state index contributed by atoms with van der Waals surface area (Å²) in [7, 11) is 0. The highest BCUT2D eigenvalue weighted by Crippen LogP contribution is 2.24. The van der Waals surface area contributed by atoms with Crippen LogP contribution in [-0.2, 0) is 14.4 Å². The summed E-state index contributed by atoms with van der Waals surface area (Å²) in [6.07, 6.45) is -10.1. The van der Waals surface area contributed by atoms with Gasteiger partial charge in [-0.05, 0) is 0 Å². The van der Waals surface area contributed by atoms with Gasteiger partial charge in [-0.1, -0.05) is 0 Å². The van der Waals surface area contributed by atoms with Gasteiger partial charge in [-0.15, -0.1) is 0 Å². The van der Waals surface area contributed by atoms with E-state index in [2.05, 4.69) is 4.84 Å². The minimum atomic E-state index is -2.15. The van der Waals surface area contributed by atoms with Crippen molar-refractivity contribution in [3.63, 3.8) is 0 Å². The Balaban J connectivity index is 2.71. The van der Waals surface area contributed by atoms with Gasteiger partial charge < -0.3 is 30.3 Å². The van der Waals surface area contributed by atoms with Gasteiger partial charge in [0.25, 0.3) is 0 Å². The van der Waals surface area contributed by atoms with Crippen LogP contribution in [0.2, 0.25) is 0 Å². The number of aliphatic carboxylic acids is 1. The molecule has 1 saturated heterocycles.